The maximum absolute atomic E-state index is 12.7. The molecule has 1 spiro atoms. The van der Waals surface area contributed by atoms with E-state index in [4.69, 9.17) is 4.74 Å². The van der Waals surface area contributed by atoms with E-state index in [1.165, 1.54) is 0 Å². The van der Waals surface area contributed by atoms with Crippen molar-refractivity contribution < 1.29 is 9.53 Å². The van der Waals surface area contributed by atoms with Gasteiger partial charge in [-0.25, -0.2) is 9.97 Å². The van der Waals surface area contributed by atoms with Crippen LogP contribution in [0.5, 0.6) is 0 Å². The third-order valence-electron chi connectivity index (χ3n) is 5.35. The largest absolute Gasteiger partial charge is 0.381 e. The summed E-state index contributed by atoms with van der Waals surface area (Å²) in [4.78, 5) is 27.3. The van der Waals surface area contributed by atoms with E-state index in [-0.39, 0.29) is 11.3 Å². The number of nitrogens with one attached hydrogen (secondary N) is 1. The van der Waals surface area contributed by atoms with Crippen molar-refractivity contribution in [1.82, 2.24) is 19.9 Å². The number of carbonyl (C=O) groups is 1. The van der Waals surface area contributed by atoms with E-state index in [0.717, 1.165) is 51.1 Å². The van der Waals surface area contributed by atoms with Crippen molar-refractivity contribution in [3.05, 3.63) is 48.0 Å². The van der Waals surface area contributed by atoms with Crippen molar-refractivity contribution in [3.8, 4) is 0 Å². The molecule has 2 aromatic rings. The van der Waals surface area contributed by atoms with Gasteiger partial charge in [0.1, 0.15) is 0 Å². The molecule has 2 fully saturated rings. The lowest BCUT2D eigenvalue weighted by atomic mass is 9.80. The zero-order valence-electron chi connectivity index (χ0n) is 14.7. The van der Waals surface area contributed by atoms with E-state index >= 15 is 0 Å². The van der Waals surface area contributed by atoms with Crippen LogP contribution in [0.25, 0.3) is 0 Å². The molecule has 0 unspecified atom stereocenters. The van der Waals surface area contributed by atoms with E-state index in [1.807, 2.05) is 17.0 Å². The Hall–Kier alpha value is -2.54. The van der Waals surface area contributed by atoms with Crippen LogP contribution >= 0.6 is 0 Å². The van der Waals surface area contributed by atoms with Crippen molar-refractivity contribution in [3.63, 3.8) is 0 Å². The van der Waals surface area contributed by atoms with Gasteiger partial charge in [0.05, 0.1) is 5.56 Å². The molecule has 26 heavy (non-hydrogen) atoms. The molecule has 0 bridgehead atoms. The molecular weight excluding hydrogens is 330 g/mol. The van der Waals surface area contributed by atoms with Crippen LogP contribution in [0.1, 0.15) is 35.2 Å². The normalized spacial score (nSPS) is 18.8. The first-order chi connectivity index (χ1) is 12.7. The molecule has 1 amide bonds. The van der Waals surface area contributed by atoms with Crippen LogP contribution in [0.3, 0.4) is 0 Å². The lowest BCUT2D eigenvalue weighted by Crippen LogP contribution is -2.35. The summed E-state index contributed by atoms with van der Waals surface area (Å²) in [6.45, 7) is 3.83. The maximum Gasteiger partial charge on any atom is 0.257 e. The van der Waals surface area contributed by atoms with Crippen molar-refractivity contribution in [2.24, 2.45) is 5.41 Å². The second-order valence-corrected chi connectivity index (χ2v) is 7.10. The SMILES string of the molecule is O=C(c1cnc(NCc2cccnc2)nc1)N1CCC2(CCOCC2)C1. The second-order valence-electron chi connectivity index (χ2n) is 7.10. The molecule has 136 valence electrons. The number of ether oxygens (including phenoxy) is 1. The highest BCUT2D eigenvalue weighted by molar-refractivity contribution is 5.93. The van der Waals surface area contributed by atoms with Gasteiger partial charge in [0.15, 0.2) is 0 Å². The highest BCUT2D eigenvalue weighted by Gasteiger charge is 2.41. The number of pyridine rings is 1. The Balaban J connectivity index is 1.35. The summed E-state index contributed by atoms with van der Waals surface area (Å²) in [5.41, 5.74) is 1.84. The molecule has 4 rings (SSSR count). The fourth-order valence-electron chi connectivity index (χ4n) is 3.72. The monoisotopic (exact) mass is 353 g/mol. The summed E-state index contributed by atoms with van der Waals surface area (Å²) in [6.07, 6.45) is 9.90. The van der Waals surface area contributed by atoms with Crippen molar-refractivity contribution >= 4 is 11.9 Å². The first-order valence-corrected chi connectivity index (χ1v) is 9.06. The molecule has 0 saturated carbocycles. The fourth-order valence-corrected chi connectivity index (χ4v) is 3.72. The zero-order valence-corrected chi connectivity index (χ0v) is 14.7. The highest BCUT2D eigenvalue weighted by atomic mass is 16.5. The van der Waals surface area contributed by atoms with Gasteiger partial charge in [-0.15, -0.1) is 0 Å². The van der Waals surface area contributed by atoms with Crippen LogP contribution in [0.4, 0.5) is 5.95 Å². The summed E-state index contributed by atoms with van der Waals surface area (Å²) < 4.78 is 5.47. The minimum atomic E-state index is 0.0205. The number of likely N-dealkylation sites (tertiary alicyclic amines) is 1. The Morgan fingerprint density at radius 1 is 1.19 bits per heavy atom. The molecule has 7 nitrogen and oxygen atoms in total. The predicted octanol–water partition coefficient (Wildman–Crippen LogP) is 2.13. The molecule has 0 aliphatic carbocycles. The third kappa shape index (κ3) is 3.67. The number of anilines is 1. The van der Waals surface area contributed by atoms with E-state index in [0.29, 0.717) is 18.1 Å². The quantitative estimate of drug-likeness (QED) is 0.907. The summed E-state index contributed by atoms with van der Waals surface area (Å²) in [5, 5.41) is 3.14. The summed E-state index contributed by atoms with van der Waals surface area (Å²) in [7, 11) is 0. The van der Waals surface area contributed by atoms with Crippen LogP contribution in [0, 0.1) is 5.41 Å². The number of carbonyl (C=O) groups excluding carboxylic acids is 1. The molecule has 2 aromatic heterocycles. The number of rotatable bonds is 4. The second kappa shape index (κ2) is 7.37. The van der Waals surface area contributed by atoms with Crippen LogP contribution in [0.2, 0.25) is 0 Å². The Morgan fingerprint density at radius 2 is 2.00 bits per heavy atom. The standard InChI is InChI=1S/C19H23N5O2/c25-17(24-7-3-19(14-24)4-8-26-9-5-19)16-12-22-18(23-13-16)21-11-15-2-1-6-20-10-15/h1-2,6,10,12-13H,3-5,7-9,11,14H2,(H,21,22,23). The van der Waals surface area contributed by atoms with Crippen molar-refractivity contribution in [2.45, 2.75) is 25.8 Å². The van der Waals surface area contributed by atoms with Crippen molar-refractivity contribution in [2.75, 3.05) is 31.6 Å². The minimum Gasteiger partial charge on any atom is -0.381 e. The average molecular weight is 353 g/mol. The van der Waals surface area contributed by atoms with Gasteiger partial charge >= 0.3 is 0 Å². The lowest BCUT2D eigenvalue weighted by molar-refractivity contribution is 0.0191. The summed E-state index contributed by atoms with van der Waals surface area (Å²) >= 11 is 0. The maximum atomic E-state index is 12.7. The number of hydrogen-bond acceptors (Lipinski definition) is 6. The van der Waals surface area contributed by atoms with E-state index in [9.17, 15) is 4.79 Å². The van der Waals surface area contributed by atoms with Crippen LogP contribution in [0.15, 0.2) is 36.9 Å². The average Bonchev–Trinajstić information content (AvgIpc) is 3.11. The van der Waals surface area contributed by atoms with Gasteiger partial charge in [-0.2, -0.15) is 0 Å². The summed E-state index contributed by atoms with van der Waals surface area (Å²) in [6, 6.07) is 3.87. The molecule has 2 aliphatic heterocycles. The van der Waals surface area contributed by atoms with Crippen molar-refractivity contribution in [1.29, 1.82) is 0 Å². The molecule has 0 atom stereocenters. The van der Waals surface area contributed by atoms with Gasteiger partial charge in [0, 0.05) is 57.6 Å². The number of aromatic nitrogens is 3. The van der Waals surface area contributed by atoms with Crippen LogP contribution in [-0.2, 0) is 11.3 Å². The Bertz CT molecular complexity index is 744. The molecule has 4 heterocycles. The number of nitrogens with zero attached hydrogens (tertiary/aromatic N) is 4. The lowest BCUT2D eigenvalue weighted by Gasteiger charge is -2.33. The van der Waals surface area contributed by atoms with Gasteiger partial charge in [-0.05, 0) is 36.3 Å². The Labute approximate surface area is 152 Å². The highest BCUT2D eigenvalue weighted by Crippen LogP contribution is 2.40. The minimum absolute atomic E-state index is 0.0205. The number of amides is 1. The van der Waals surface area contributed by atoms with Gasteiger partial charge in [-0.3, -0.25) is 9.78 Å². The van der Waals surface area contributed by atoms with Crippen LogP contribution in [-0.4, -0.2) is 52.1 Å². The molecule has 2 saturated heterocycles. The summed E-state index contributed by atoms with van der Waals surface area (Å²) in [5.74, 6) is 0.528. The van der Waals surface area contributed by atoms with Gasteiger partial charge in [0.2, 0.25) is 5.95 Å². The topological polar surface area (TPSA) is 80.2 Å². The molecule has 0 aromatic carbocycles. The van der Waals surface area contributed by atoms with Gasteiger partial charge in [-0.1, -0.05) is 6.07 Å². The first kappa shape index (κ1) is 16.9. The molecule has 0 radical (unpaired) electrons. The molecule has 1 N–H and O–H groups in total. The van der Waals surface area contributed by atoms with E-state index in [1.54, 1.807) is 24.8 Å². The smallest absolute Gasteiger partial charge is 0.257 e. The molecule has 7 heteroatoms. The van der Waals surface area contributed by atoms with Gasteiger partial charge < -0.3 is 15.0 Å². The Morgan fingerprint density at radius 3 is 2.73 bits per heavy atom. The fraction of sp³-hybridized carbons (Fsp3) is 0.474. The van der Waals surface area contributed by atoms with E-state index < -0.39 is 0 Å². The first-order valence-electron chi connectivity index (χ1n) is 9.06. The Kier molecular flexibility index (Phi) is 4.79. The predicted molar refractivity (Wildman–Crippen MR) is 96.6 cm³/mol. The number of hydrogen-bond donors (Lipinski definition) is 1. The van der Waals surface area contributed by atoms with Crippen LogP contribution < -0.4 is 5.32 Å². The third-order valence-corrected chi connectivity index (χ3v) is 5.35. The molecular formula is C19H23N5O2. The molecule has 2 aliphatic rings. The van der Waals surface area contributed by atoms with Gasteiger partial charge in [0.25, 0.3) is 5.91 Å². The van der Waals surface area contributed by atoms with E-state index in [2.05, 4.69) is 20.3 Å². The zero-order chi connectivity index (χ0) is 17.8.